The van der Waals surface area contributed by atoms with Crippen LogP contribution in [0.3, 0.4) is 0 Å². The van der Waals surface area contributed by atoms with Gasteiger partial charge in [0.2, 0.25) is 0 Å². The number of amidine groups is 2. The van der Waals surface area contributed by atoms with Gasteiger partial charge < -0.3 is 21.5 Å². The Morgan fingerprint density at radius 2 is 1.97 bits per heavy atom. The second kappa shape index (κ2) is 11.1. The number of nitrogens with zero attached hydrogens (tertiary/aromatic N) is 2. The topological polar surface area (TPSA) is 112 Å². The number of hydrogen-bond donors (Lipinski definition) is 4. The van der Waals surface area contributed by atoms with Crippen LogP contribution in [0, 0.1) is 11.6 Å². The summed E-state index contributed by atoms with van der Waals surface area (Å²) >= 11 is 6.02. The molecule has 0 amide bonds. The number of rotatable bonds is 5. The number of carbonyl (C=O) groups excluding carboxylic acids is 1. The summed E-state index contributed by atoms with van der Waals surface area (Å²) in [5, 5.41) is 13.7. The summed E-state index contributed by atoms with van der Waals surface area (Å²) < 4.78 is 28.3. The molecule has 5 N–H and O–H groups in total. The van der Waals surface area contributed by atoms with Gasteiger partial charge in [-0.1, -0.05) is 17.7 Å². The van der Waals surface area contributed by atoms with Crippen LogP contribution in [0.1, 0.15) is 15.9 Å². The van der Waals surface area contributed by atoms with Crippen LogP contribution in [0.15, 0.2) is 57.6 Å². The van der Waals surface area contributed by atoms with E-state index in [1.807, 2.05) is 0 Å². The number of benzene rings is 2. The first kappa shape index (κ1) is 23.1. The minimum atomic E-state index is -0.817. The van der Waals surface area contributed by atoms with Crippen LogP contribution in [0.4, 0.5) is 20.2 Å². The number of aldehydes is 1. The Bertz CT molecular complexity index is 986. The molecule has 0 atom stereocenters. The highest BCUT2D eigenvalue weighted by Crippen LogP contribution is 2.31. The smallest absolute Gasteiger partial charge is 0.168 e. The van der Waals surface area contributed by atoms with Gasteiger partial charge in [0.05, 0.1) is 28.6 Å². The summed E-state index contributed by atoms with van der Waals surface area (Å²) in [6, 6.07) is 8.02. The van der Waals surface area contributed by atoms with E-state index in [0.717, 1.165) is 18.3 Å². The highest BCUT2D eigenvalue weighted by Gasteiger charge is 2.21. The van der Waals surface area contributed by atoms with Gasteiger partial charge in [-0.05, 0) is 37.4 Å². The van der Waals surface area contributed by atoms with Crippen molar-refractivity contribution >= 4 is 40.9 Å². The molecular weight excluding hydrogens is 416 g/mol. The number of nitrogens with two attached hydrogens (primary N) is 1. The van der Waals surface area contributed by atoms with Crippen LogP contribution < -0.4 is 16.4 Å². The summed E-state index contributed by atoms with van der Waals surface area (Å²) in [6.07, 6.45) is 1.74. The van der Waals surface area contributed by atoms with Crippen molar-refractivity contribution in [3.05, 3.63) is 70.4 Å². The molecule has 0 saturated heterocycles. The molecule has 1 aliphatic heterocycles. The monoisotopic (exact) mass is 435 g/mol. The largest absolute Gasteiger partial charge is 0.403 e. The van der Waals surface area contributed by atoms with Gasteiger partial charge in [-0.15, -0.1) is 0 Å². The first-order valence-corrected chi connectivity index (χ1v) is 9.14. The summed E-state index contributed by atoms with van der Waals surface area (Å²) in [6.45, 7) is 0.927. The fraction of sp³-hybridized carbons (Fsp3) is 0.150. The molecule has 158 valence electrons. The van der Waals surface area contributed by atoms with Crippen molar-refractivity contribution in [3.8, 4) is 0 Å². The molecule has 1 heterocycles. The third kappa shape index (κ3) is 5.69. The summed E-state index contributed by atoms with van der Waals surface area (Å²) in [5.41, 5.74) is 6.14. The number of aliphatic imine (C=N–C) groups is 2. The lowest BCUT2D eigenvalue weighted by atomic mass is 10.1. The van der Waals surface area contributed by atoms with Crippen molar-refractivity contribution in [3.63, 3.8) is 0 Å². The Labute approximate surface area is 177 Å². The van der Waals surface area contributed by atoms with Gasteiger partial charge in [-0.2, -0.15) is 0 Å². The lowest BCUT2D eigenvalue weighted by Crippen LogP contribution is -2.15. The molecule has 0 unspecified atom stereocenters. The minimum Gasteiger partial charge on any atom is -0.403 e. The number of aliphatic hydroxyl groups is 1. The van der Waals surface area contributed by atoms with Crippen molar-refractivity contribution in [1.29, 1.82) is 0 Å². The average Bonchev–Trinajstić information content (AvgIpc) is 2.93. The lowest BCUT2D eigenvalue weighted by Gasteiger charge is -2.08. The molecule has 0 aliphatic carbocycles. The molecule has 0 aromatic heterocycles. The van der Waals surface area contributed by atoms with Crippen molar-refractivity contribution in [2.75, 3.05) is 25.5 Å². The Kier molecular flexibility index (Phi) is 8.60. The molecule has 0 bridgehead atoms. The van der Waals surface area contributed by atoms with E-state index in [0.29, 0.717) is 29.8 Å². The van der Waals surface area contributed by atoms with Crippen molar-refractivity contribution < 1.29 is 18.7 Å². The first-order chi connectivity index (χ1) is 14.4. The molecule has 2 aromatic rings. The van der Waals surface area contributed by atoms with Gasteiger partial charge in [-0.3, -0.25) is 4.79 Å². The zero-order valence-corrected chi connectivity index (χ0v) is 16.8. The van der Waals surface area contributed by atoms with Crippen LogP contribution in [0.5, 0.6) is 0 Å². The van der Waals surface area contributed by atoms with Crippen molar-refractivity contribution in [1.82, 2.24) is 5.32 Å². The number of nitrogens with one attached hydrogen (secondary N) is 2. The van der Waals surface area contributed by atoms with Crippen LogP contribution in [0.25, 0.3) is 0 Å². The van der Waals surface area contributed by atoms with E-state index >= 15 is 0 Å². The fourth-order valence-corrected chi connectivity index (χ4v) is 2.44. The highest BCUT2D eigenvalue weighted by molar-refractivity contribution is 6.46. The second-order valence-electron chi connectivity index (χ2n) is 5.85. The molecule has 2 aromatic carbocycles. The quantitative estimate of drug-likeness (QED) is 0.539. The van der Waals surface area contributed by atoms with Crippen LogP contribution in [-0.2, 0) is 0 Å². The van der Waals surface area contributed by atoms with E-state index < -0.39 is 17.2 Å². The Morgan fingerprint density at radius 1 is 1.27 bits per heavy atom. The lowest BCUT2D eigenvalue weighted by molar-refractivity contribution is 0.112. The molecule has 0 saturated carbocycles. The van der Waals surface area contributed by atoms with Gasteiger partial charge in [0.25, 0.3) is 0 Å². The Morgan fingerprint density at radius 3 is 2.50 bits per heavy atom. The van der Waals surface area contributed by atoms with Gasteiger partial charge in [0, 0.05) is 18.3 Å². The fourth-order valence-electron chi connectivity index (χ4n) is 2.35. The standard InChI is InChI=1S/C17H11ClF2N4O.C3H9NO/c18-10(7-21)16-23-14-6-9(8-25)4-5-13(14)22-17(24-16)15-11(19)2-1-3-12(15)20;1-4-2-3-5/h1-8H,21H2,(H,22,23,24);4-5H,2-3H2,1H3/b10-7+;. The summed E-state index contributed by atoms with van der Waals surface area (Å²) in [5.74, 6) is -1.80. The van der Waals surface area contributed by atoms with E-state index in [9.17, 15) is 13.6 Å². The molecule has 1 aliphatic rings. The first-order valence-electron chi connectivity index (χ1n) is 8.76. The number of halogens is 3. The van der Waals surface area contributed by atoms with Crippen LogP contribution in [-0.4, -0.2) is 43.3 Å². The molecule has 30 heavy (non-hydrogen) atoms. The van der Waals surface area contributed by atoms with E-state index in [1.54, 1.807) is 7.05 Å². The predicted octanol–water partition coefficient (Wildman–Crippen LogP) is 2.92. The van der Waals surface area contributed by atoms with Gasteiger partial charge in [-0.25, -0.2) is 18.8 Å². The number of aliphatic hydroxyl groups excluding tert-OH is 1. The number of hydrogen-bond acceptors (Lipinski definition) is 7. The minimum absolute atomic E-state index is 0.0220. The van der Waals surface area contributed by atoms with Crippen LogP contribution >= 0.6 is 11.6 Å². The Balaban J connectivity index is 0.000000575. The molecular formula is C20H20ClF2N5O2. The van der Waals surface area contributed by atoms with Crippen molar-refractivity contribution in [2.24, 2.45) is 15.7 Å². The van der Waals surface area contributed by atoms with Crippen molar-refractivity contribution in [2.45, 2.75) is 0 Å². The van der Waals surface area contributed by atoms with E-state index in [4.69, 9.17) is 22.4 Å². The maximum Gasteiger partial charge on any atom is 0.168 e. The molecule has 3 rings (SSSR count). The van der Waals surface area contributed by atoms with Gasteiger partial charge >= 0.3 is 0 Å². The maximum atomic E-state index is 14.1. The van der Waals surface area contributed by atoms with Gasteiger partial charge in [0.15, 0.2) is 11.7 Å². The van der Waals surface area contributed by atoms with Gasteiger partial charge in [0.1, 0.15) is 17.9 Å². The summed E-state index contributed by atoms with van der Waals surface area (Å²) in [7, 11) is 1.80. The highest BCUT2D eigenvalue weighted by atomic mass is 35.5. The number of anilines is 1. The van der Waals surface area contributed by atoms with E-state index in [1.165, 1.54) is 24.3 Å². The molecule has 10 heteroatoms. The van der Waals surface area contributed by atoms with Crippen LogP contribution in [0.2, 0.25) is 0 Å². The zero-order chi connectivity index (χ0) is 22.1. The van der Waals surface area contributed by atoms with E-state index in [2.05, 4.69) is 20.6 Å². The maximum absolute atomic E-state index is 14.1. The molecule has 7 nitrogen and oxygen atoms in total. The average molecular weight is 436 g/mol. The zero-order valence-electron chi connectivity index (χ0n) is 16.0. The van der Waals surface area contributed by atoms with E-state index in [-0.39, 0.29) is 23.3 Å². The number of fused-ring (bicyclic) bond motifs is 1. The Hall–Kier alpha value is -3.14. The third-order valence-electron chi connectivity index (χ3n) is 3.77. The number of likely N-dealkylation sites (N-methyl/N-ethyl adjacent to an activating group) is 1. The third-order valence-corrected chi connectivity index (χ3v) is 4.08. The molecule has 0 radical (unpaired) electrons. The second-order valence-corrected chi connectivity index (χ2v) is 6.26. The SMILES string of the molecule is CNCCO.N/C=C(/Cl)C1=NC(c2c(F)cccc2F)=Nc2ccc(C=O)cc2N1. The summed E-state index contributed by atoms with van der Waals surface area (Å²) in [4.78, 5) is 19.3. The predicted molar refractivity (Wildman–Crippen MR) is 115 cm³/mol. The molecule has 0 spiro atoms. The molecule has 0 fully saturated rings. The number of carbonyl (C=O) groups is 1. The normalized spacial score (nSPS) is 13.0.